The molecule has 0 unspecified atom stereocenters. The molecule has 0 spiro atoms. The summed E-state index contributed by atoms with van der Waals surface area (Å²) < 4.78 is 0. The lowest BCUT2D eigenvalue weighted by Gasteiger charge is -1.97. The van der Waals surface area contributed by atoms with Gasteiger partial charge in [0.25, 0.3) is 0 Å². The van der Waals surface area contributed by atoms with Gasteiger partial charge in [-0.2, -0.15) is 0 Å². The van der Waals surface area contributed by atoms with Gasteiger partial charge in [0.15, 0.2) is 0 Å². The van der Waals surface area contributed by atoms with Crippen LogP contribution < -0.4 is 0 Å². The first-order valence-corrected chi connectivity index (χ1v) is 5.06. The molecule has 0 saturated heterocycles. The van der Waals surface area contributed by atoms with Crippen LogP contribution in [0.1, 0.15) is 11.3 Å². The Morgan fingerprint density at radius 3 is 2.75 bits per heavy atom. The zero-order chi connectivity index (χ0) is 11.4. The minimum atomic E-state index is 0.0841. The average Bonchev–Trinajstić information content (AvgIpc) is 2.32. The molecule has 0 saturated carbocycles. The Kier molecular flexibility index (Phi) is 3.17. The Hall–Kier alpha value is -1.87. The van der Waals surface area contributed by atoms with Gasteiger partial charge in [-0.3, -0.25) is 0 Å². The molecule has 1 heterocycles. The molecule has 0 aliphatic heterocycles. The molecule has 1 aromatic carbocycles. The maximum atomic E-state index is 9.25. The summed E-state index contributed by atoms with van der Waals surface area (Å²) in [6.45, 7) is 0. The Morgan fingerprint density at radius 2 is 2.06 bits per heavy atom. The second kappa shape index (κ2) is 4.77. The van der Waals surface area contributed by atoms with Crippen LogP contribution >= 0.6 is 11.6 Å². The molecular formula is C12H9ClN2O. The van der Waals surface area contributed by atoms with Gasteiger partial charge in [-0.1, -0.05) is 23.7 Å². The van der Waals surface area contributed by atoms with Gasteiger partial charge >= 0.3 is 0 Å². The Balaban J connectivity index is 2.21. The SMILES string of the molecule is Oc1ccc(/C=C/c2ccncn2)cc1Cl. The van der Waals surface area contributed by atoms with Gasteiger partial charge in [0.05, 0.1) is 10.7 Å². The molecule has 0 aliphatic carbocycles. The third kappa shape index (κ3) is 2.58. The number of halogens is 1. The van der Waals surface area contributed by atoms with E-state index < -0.39 is 0 Å². The number of nitrogens with zero attached hydrogens (tertiary/aromatic N) is 2. The molecule has 0 amide bonds. The van der Waals surface area contributed by atoms with Crippen molar-refractivity contribution in [1.29, 1.82) is 0 Å². The number of aromatic hydroxyl groups is 1. The fraction of sp³-hybridized carbons (Fsp3) is 0. The first-order chi connectivity index (χ1) is 7.75. The lowest BCUT2D eigenvalue weighted by Crippen LogP contribution is -1.80. The molecule has 1 aromatic heterocycles. The van der Waals surface area contributed by atoms with E-state index in [0.717, 1.165) is 11.3 Å². The van der Waals surface area contributed by atoms with E-state index in [1.807, 2.05) is 12.2 Å². The lowest BCUT2D eigenvalue weighted by atomic mass is 10.2. The van der Waals surface area contributed by atoms with Crippen molar-refractivity contribution in [2.24, 2.45) is 0 Å². The first-order valence-electron chi connectivity index (χ1n) is 4.68. The third-order valence-corrected chi connectivity index (χ3v) is 2.33. The van der Waals surface area contributed by atoms with Gasteiger partial charge in [0.2, 0.25) is 0 Å². The minimum Gasteiger partial charge on any atom is -0.506 e. The fourth-order valence-electron chi connectivity index (χ4n) is 1.21. The van der Waals surface area contributed by atoms with Crippen LogP contribution in [0, 0.1) is 0 Å². The van der Waals surface area contributed by atoms with Crippen molar-refractivity contribution < 1.29 is 5.11 Å². The van der Waals surface area contributed by atoms with Crippen molar-refractivity contribution in [3.05, 3.63) is 53.1 Å². The van der Waals surface area contributed by atoms with E-state index in [4.69, 9.17) is 11.6 Å². The maximum absolute atomic E-state index is 9.25. The Bertz CT molecular complexity index is 512. The number of phenolic OH excluding ortho intramolecular Hbond substituents is 1. The zero-order valence-electron chi connectivity index (χ0n) is 8.34. The van der Waals surface area contributed by atoms with Gasteiger partial charge in [-0.05, 0) is 29.8 Å². The highest BCUT2D eigenvalue weighted by atomic mass is 35.5. The van der Waals surface area contributed by atoms with Crippen LogP contribution in [0.25, 0.3) is 12.2 Å². The Morgan fingerprint density at radius 1 is 1.19 bits per heavy atom. The van der Waals surface area contributed by atoms with Crippen LogP contribution in [0.15, 0.2) is 36.8 Å². The first kappa shape index (κ1) is 10.6. The van der Waals surface area contributed by atoms with Crippen molar-refractivity contribution in [2.75, 3.05) is 0 Å². The van der Waals surface area contributed by atoms with E-state index in [1.165, 1.54) is 6.33 Å². The van der Waals surface area contributed by atoms with Crippen LogP contribution in [-0.2, 0) is 0 Å². The van der Waals surface area contributed by atoms with E-state index in [1.54, 1.807) is 30.5 Å². The van der Waals surface area contributed by atoms with Crippen LogP contribution in [-0.4, -0.2) is 15.1 Å². The summed E-state index contributed by atoms with van der Waals surface area (Å²) in [6.07, 6.45) is 6.89. The van der Waals surface area contributed by atoms with E-state index >= 15 is 0 Å². The van der Waals surface area contributed by atoms with Crippen molar-refractivity contribution in [3.63, 3.8) is 0 Å². The van der Waals surface area contributed by atoms with Crippen molar-refractivity contribution in [3.8, 4) is 5.75 Å². The number of benzene rings is 1. The zero-order valence-corrected chi connectivity index (χ0v) is 9.09. The Labute approximate surface area is 98.1 Å². The second-order valence-corrected chi connectivity index (χ2v) is 3.59. The number of aromatic nitrogens is 2. The molecule has 4 heteroatoms. The van der Waals surface area contributed by atoms with E-state index in [0.29, 0.717) is 5.02 Å². The summed E-state index contributed by atoms with van der Waals surface area (Å²) >= 11 is 5.79. The number of rotatable bonds is 2. The minimum absolute atomic E-state index is 0.0841. The lowest BCUT2D eigenvalue weighted by molar-refractivity contribution is 0.475. The molecule has 0 radical (unpaired) electrons. The highest BCUT2D eigenvalue weighted by molar-refractivity contribution is 6.32. The molecule has 3 nitrogen and oxygen atoms in total. The second-order valence-electron chi connectivity index (χ2n) is 3.18. The van der Waals surface area contributed by atoms with E-state index in [-0.39, 0.29) is 5.75 Å². The maximum Gasteiger partial charge on any atom is 0.134 e. The average molecular weight is 233 g/mol. The number of hydrogen-bond donors (Lipinski definition) is 1. The standard InChI is InChI=1S/C12H9ClN2O/c13-11-7-9(2-4-12(11)16)1-3-10-5-6-14-8-15-10/h1-8,16H/b3-1+. The van der Waals surface area contributed by atoms with Gasteiger partial charge in [0, 0.05) is 6.20 Å². The van der Waals surface area contributed by atoms with E-state index in [9.17, 15) is 5.11 Å². The predicted molar refractivity (Wildman–Crippen MR) is 64.1 cm³/mol. The largest absolute Gasteiger partial charge is 0.506 e. The van der Waals surface area contributed by atoms with Gasteiger partial charge in [-0.25, -0.2) is 9.97 Å². The van der Waals surface area contributed by atoms with Crippen LogP contribution in [0.5, 0.6) is 5.75 Å². The van der Waals surface area contributed by atoms with Crippen LogP contribution in [0.4, 0.5) is 0 Å². The molecule has 0 bridgehead atoms. The third-order valence-electron chi connectivity index (χ3n) is 2.02. The van der Waals surface area contributed by atoms with Gasteiger partial charge in [-0.15, -0.1) is 0 Å². The molecule has 16 heavy (non-hydrogen) atoms. The highest BCUT2D eigenvalue weighted by Gasteiger charge is 1.97. The molecule has 0 fully saturated rings. The molecule has 80 valence electrons. The molecule has 1 N–H and O–H groups in total. The molecule has 2 aromatic rings. The summed E-state index contributed by atoms with van der Waals surface area (Å²) in [5.41, 5.74) is 1.72. The summed E-state index contributed by atoms with van der Waals surface area (Å²) in [7, 11) is 0. The quantitative estimate of drug-likeness (QED) is 0.866. The molecule has 0 atom stereocenters. The number of hydrogen-bond acceptors (Lipinski definition) is 3. The summed E-state index contributed by atoms with van der Waals surface area (Å²) in [6, 6.07) is 6.83. The fourth-order valence-corrected chi connectivity index (χ4v) is 1.40. The monoisotopic (exact) mass is 232 g/mol. The summed E-state index contributed by atoms with van der Waals surface area (Å²) in [4.78, 5) is 7.88. The van der Waals surface area contributed by atoms with Crippen molar-refractivity contribution in [1.82, 2.24) is 9.97 Å². The normalized spacial score (nSPS) is 10.8. The molecule has 2 rings (SSSR count). The summed E-state index contributed by atoms with van der Waals surface area (Å²) in [5.74, 6) is 0.0841. The highest BCUT2D eigenvalue weighted by Crippen LogP contribution is 2.24. The molecule has 0 aliphatic rings. The van der Waals surface area contributed by atoms with Gasteiger partial charge in [0.1, 0.15) is 12.1 Å². The molecular weight excluding hydrogens is 224 g/mol. The summed E-state index contributed by atoms with van der Waals surface area (Å²) in [5, 5.41) is 9.59. The van der Waals surface area contributed by atoms with E-state index in [2.05, 4.69) is 9.97 Å². The topological polar surface area (TPSA) is 46.0 Å². The predicted octanol–water partition coefficient (Wildman–Crippen LogP) is 3.01. The van der Waals surface area contributed by atoms with Crippen LogP contribution in [0.2, 0.25) is 5.02 Å². The number of phenols is 1. The van der Waals surface area contributed by atoms with Crippen molar-refractivity contribution in [2.45, 2.75) is 0 Å². The van der Waals surface area contributed by atoms with Crippen LogP contribution in [0.3, 0.4) is 0 Å². The van der Waals surface area contributed by atoms with Crippen molar-refractivity contribution >= 4 is 23.8 Å². The smallest absolute Gasteiger partial charge is 0.134 e. The van der Waals surface area contributed by atoms with Gasteiger partial charge < -0.3 is 5.11 Å².